The van der Waals surface area contributed by atoms with E-state index in [1.807, 2.05) is 24.3 Å². The first-order valence-corrected chi connectivity index (χ1v) is 10.9. The third-order valence-corrected chi connectivity index (χ3v) is 7.74. The number of hydrogen-bond donors (Lipinski definition) is 2. The molecule has 2 aromatic carbocycles. The summed E-state index contributed by atoms with van der Waals surface area (Å²) in [5.41, 5.74) is -0.0169. The van der Waals surface area contributed by atoms with Crippen molar-refractivity contribution in [1.29, 1.82) is 0 Å². The van der Waals surface area contributed by atoms with Gasteiger partial charge < -0.3 is 15.0 Å². The molecular formula is C23H21N4O6+. The Hall–Kier alpha value is -3.79. The van der Waals surface area contributed by atoms with Gasteiger partial charge in [0.2, 0.25) is 17.4 Å². The van der Waals surface area contributed by atoms with Gasteiger partial charge in [0.05, 0.1) is 24.3 Å². The second-order valence-corrected chi connectivity index (χ2v) is 8.96. The largest absolute Gasteiger partial charge is 0.495 e. The average Bonchev–Trinajstić information content (AvgIpc) is 3.51. The number of methoxy groups -OCH3 is 1. The summed E-state index contributed by atoms with van der Waals surface area (Å²) in [6, 6.07) is 11.0. The molecule has 3 fully saturated rings. The summed E-state index contributed by atoms with van der Waals surface area (Å²) in [5.74, 6) is -2.61. The SMILES string of the molecule is COc1ccc([N+](=O)[O-])cc1N1C(=O)[C@H]2[C@H]3CCC[NH+]3[C@@]3(C(=O)Nc4ccccc43)[C@@H]2C1=O. The molecule has 168 valence electrons. The Morgan fingerprint density at radius 1 is 1.18 bits per heavy atom. The van der Waals surface area contributed by atoms with Gasteiger partial charge in [-0.25, -0.2) is 4.90 Å². The molecule has 5 atom stereocenters. The molecule has 0 radical (unpaired) electrons. The molecule has 2 N–H and O–H groups in total. The van der Waals surface area contributed by atoms with Crippen LogP contribution in [-0.2, 0) is 19.9 Å². The average molecular weight is 449 g/mol. The van der Waals surface area contributed by atoms with E-state index in [2.05, 4.69) is 5.32 Å². The van der Waals surface area contributed by atoms with Crippen molar-refractivity contribution in [1.82, 2.24) is 0 Å². The summed E-state index contributed by atoms with van der Waals surface area (Å²) in [6.45, 7) is 0.695. The van der Waals surface area contributed by atoms with Crippen molar-refractivity contribution in [2.75, 3.05) is 23.9 Å². The third kappa shape index (κ3) is 2.28. The van der Waals surface area contributed by atoms with Crippen LogP contribution in [0.15, 0.2) is 42.5 Å². The van der Waals surface area contributed by atoms with Gasteiger partial charge in [0.15, 0.2) is 0 Å². The van der Waals surface area contributed by atoms with E-state index >= 15 is 0 Å². The summed E-state index contributed by atoms with van der Waals surface area (Å²) in [6.07, 6.45) is 1.58. The molecule has 3 saturated heterocycles. The lowest BCUT2D eigenvalue weighted by Crippen LogP contribution is -3.19. The molecule has 4 heterocycles. The molecule has 0 aromatic heterocycles. The highest BCUT2D eigenvalue weighted by Gasteiger charge is 2.78. The van der Waals surface area contributed by atoms with E-state index < -0.39 is 34.1 Å². The van der Waals surface area contributed by atoms with Crippen molar-refractivity contribution in [3.05, 3.63) is 58.1 Å². The van der Waals surface area contributed by atoms with Crippen LogP contribution in [0.3, 0.4) is 0 Å². The molecule has 6 rings (SSSR count). The number of hydrogen-bond acceptors (Lipinski definition) is 6. The summed E-state index contributed by atoms with van der Waals surface area (Å²) in [7, 11) is 1.38. The number of carbonyl (C=O) groups excluding carboxylic acids is 3. The summed E-state index contributed by atoms with van der Waals surface area (Å²) >= 11 is 0. The second kappa shape index (κ2) is 6.61. The number of amides is 3. The molecule has 10 heteroatoms. The van der Waals surface area contributed by atoms with Crippen LogP contribution in [-0.4, -0.2) is 42.3 Å². The van der Waals surface area contributed by atoms with E-state index in [9.17, 15) is 24.5 Å². The van der Waals surface area contributed by atoms with Crippen LogP contribution >= 0.6 is 0 Å². The summed E-state index contributed by atoms with van der Waals surface area (Å²) < 4.78 is 5.34. The van der Waals surface area contributed by atoms with Crippen LogP contribution in [0, 0.1) is 22.0 Å². The van der Waals surface area contributed by atoms with Gasteiger partial charge in [0.25, 0.3) is 11.6 Å². The quantitative estimate of drug-likeness (QED) is 0.402. The molecular weight excluding hydrogens is 428 g/mol. The number of benzene rings is 2. The van der Waals surface area contributed by atoms with Gasteiger partial charge in [0.1, 0.15) is 29.3 Å². The fourth-order valence-corrected chi connectivity index (χ4v) is 6.62. The smallest absolute Gasteiger partial charge is 0.291 e. The predicted octanol–water partition coefficient (Wildman–Crippen LogP) is 0.618. The highest BCUT2D eigenvalue weighted by Crippen LogP contribution is 2.53. The number of imide groups is 1. The number of carbonyl (C=O) groups is 3. The Bertz CT molecular complexity index is 1260. The molecule has 4 aliphatic rings. The Balaban J connectivity index is 1.55. The number of nitrogens with one attached hydrogen (secondary N) is 2. The number of para-hydroxylation sites is 1. The third-order valence-electron chi connectivity index (χ3n) is 7.74. The first kappa shape index (κ1) is 19.9. The standard InChI is InChI=1S/C23H20N4O6/c1-33-17-9-8-12(27(31)32)11-16(17)26-20(28)18-15-7-4-10-25(15)23(19(18)21(26)29)13-5-2-3-6-14(13)24-22(23)30/h2-3,5-6,8-9,11,15,18-19H,4,7,10H2,1H3,(H,24,30)/p+1/t15-,18+,19+,23-/m1/s1. The molecule has 1 spiro atoms. The Kier molecular flexibility index (Phi) is 3.98. The molecule has 4 aliphatic heterocycles. The molecule has 2 aromatic rings. The number of non-ortho nitro benzene ring substituents is 1. The topological polar surface area (TPSA) is 123 Å². The van der Waals surface area contributed by atoms with E-state index in [0.29, 0.717) is 12.2 Å². The fraction of sp³-hybridized carbons (Fsp3) is 0.348. The number of anilines is 2. The number of quaternary nitrogens is 1. The number of nitrogens with zero attached hydrogens (tertiary/aromatic N) is 2. The number of nitro groups is 1. The Morgan fingerprint density at radius 3 is 2.73 bits per heavy atom. The number of ether oxygens (including phenoxy) is 1. The van der Waals surface area contributed by atoms with Crippen LogP contribution in [0.25, 0.3) is 0 Å². The van der Waals surface area contributed by atoms with Gasteiger partial charge in [-0.15, -0.1) is 0 Å². The second-order valence-electron chi connectivity index (χ2n) is 8.96. The highest BCUT2D eigenvalue weighted by atomic mass is 16.6. The van der Waals surface area contributed by atoms with Crippen molar-refractivity contribution >= 4 is 34.8 Å². The predicted molar refractivity (Wildman–Crippen MR) is 115 cm³/mol. The molecule has 0 bridgehead atoms. The van der Waals surface area contributed by atoms with E-state index in [0.717, 1.165) is 28.2 Å². The first-order valence-electron chi connectivity index (χ1n) is 10.9. The van der Waals surface area contributed by atoms with Gasteiger partial charge in [-0.05, 0) is 12.1 Å². The maximum Gasteiger partial charge on any atom is 0.291 e. The lowest BCUT2D eigenvalue weighted by Gasteiger charge is -2.33. The normalized spacial score (nSPS) is 31.5. The number of fused-ring (bicyclic) bond motifs is 7. The Labute approximate surface area is 188 Å². The highest BCUT2D eigenvalue weighted by molar-refractivity contribution is 6.25. The number of nitro benzene ring substituents is 1. The zero-order valence-electron chi connectivity index (χ0n) is 17.7. The van der Waals surface area contributed by atoms with E-state index in [1.54, 1.807) is 0 Å². The van der Waals surface area contributed by atoms with Crippen LogP contribution in [0.1, 0.15) is 18.4 Å². The van der Waals surface area contributed by atoms with Crippen LogP contribution in [0.5, 0.6) is 5.75 Å². The van der Waals surface area contributed by atoms with Gasteiger partial charge >= 0.3 is 0 Å². The Morgan fingerprint density at radius 2 is 1.97 bits per heavy atom. The van der Waals surface area contributed by atoms with E-state index in [1.165, 1.54) is 25.3 Å². The molecule has 1 unspecified atom stereocenters. The van der Waals surface area contributed by atoms with Crippen molar-refractivity contribution in [2.24, 2.45) is 11.8 Å². The fourth-order valence-electron chi connectivity index (χ4n) is 6.62. The van der Waals surface area contributed by atoms with Gasteiger partial charge in [-0.1, -0.05) is 18.2 Å². The molecule has 10 nitrogen and oxygen atoms in total. The number of rotatable bonds is 3. The molecule has 0 aliphatic carbocycles. The zero-order valence-corrected chi connectivity index (χ0v) is 17.7. The lowest BCUT2D eigenvalue weighted by molar-refractivity contribution is -0.948. The van der Waals surface area contributed by atoms with Crippen LogP contribution < -0.4 is 19.9 Å². The van der Waals surface area contributed by atoms with Gasteiger partial charge in [-0.2, -0.15) is 0 Å². The van der Waals surface area contributed by atoms with Crippen LogP contribution in [0.4, 0.5) is 17.1 Å². The molecule has 3 amide bonds. The van der Waals surface area contributed by atoms with Crippen molar-refractivity contribution in [2.45, 2.75) is 24.4 Å². The van der Waals surface area contributed by atoms with Gasteiger partial charge in [0, 0.05) is 30.5 Å². The summed E-state index contributed by atoms with van der Waals surface area (Å²) in [4.78, 5) is 54.1. The maximum atomic E-state index is 14.0. The zero-order chi connectivity index (χ0) is 23.1. The van der Waals surface area contributed by atoms with Crippen molar-refractivity contribution < 1.29 is 28.9 Å². The van der Waals surface area contributed by atoms with Crippen molar-refractivity contribution in [3.63, 3.8) is 0 Å². The maximum absolute atomic E-state index is 14.0. The monoisotopic (exact) mass is 449 g/mol. The lowest BCUT2D eigenvalue weighted by atomic mass is 9.75. The minimum absolute atomic E-state index is 0.0393. The first-order chi connectivity index (χ1) is 15.9. The molecule has 33 heavy (non-hydrogen) atoms. The van der Waals surface area contributed by atoms with E-state index in [4.69, 9.17) is 4.74 Å². The van der Waals surface area contributed by atoms with E-state index in [-0.39, 0.29) is 29.1 Å². The van der Waals surface area contributed by atoms with Crippen molar-refractivity contribution in [3.8, 4) is 5.75 Å². The molecule has 0 saturated carbocycles. The van der Waals surface area contributed by atoms with Crippen LogP contribution in [0.2, 0.25) is 0 Å². The minimum atomic E-state index is -1.20. The minimum Gasteiger partial charge on any atom is -0.495 e. The van der Waals surface area contributed by atoms with Gasteiger partial charge in [-0.3, -0.25) is 24.5 Å². The summed E-state index contributed by atoms with van der Waals surface area (Å²) in [5, 5.41) is 14.3.